The number of rotatable bonds is 8. The maximum absolute atomic E-state index is 12.0. The van der Waals surface area contributed by atoms with E-state index in [4.69, 9.17) is 9.47 Å². The minimum absolute atomic E-state index is 0.108. The third-order valence-corrected chi connectivity index (χ3v) is 4.92. The number of amides is 1. The lowest BCUT2D eigenvalue weighted by Crippen LogP contribution is -2.29. The first-order chi connectivity index (χ1) is 12.0. The molecule has 134 valence electrons. The summed E-state index contributed by atoms with van der Waals surface area (Å²) in [4.78, 5) is 13.1. The van der Waals surface area contributed by atoms with Crippen molar-refractivity contribution in [2.75, 3.05) is 26.5 Å². The third-order valence-electron chi connectivity index (χ3n) is 3.74. The van der Waals surface area contributed by atoms with Gasteiger partial charge in [0.25, 0.3) is 0 Å². The van der Waals surface area contributed by atoms with Crippen LogP contribution in [-0.2, 0) is 4.79 Å². The summed E-state index contributed by atoms with van der Waals surface area (Å²) in [6.45, 7) is 2.12. The van der Waals surface area contributed by atoms with Gasteiger partial charge in [0.05, 0.1) is 26.1 Å². The van der Waals surface area contributed by atoms with E-state index in [0.717, 1.165) is 10.5 Å². The van der Waals surface area contributed by atoms with Crippen LogP contribution in [0.3, 0.4) is 0 Å². The molecule has 0 aromatic heterocycles. The predicted molar refractivity (Wildman–Crippen MR) is 99.4 cm³/mol. The molecule has 1 atom stereocenters. The van der Waals surface area contributed by atoms with Crippen molar-refractivity contribution >= 4 is 17.7 Å². The van der Waals surface area contributed by atoms with Crippen LogP contribution in [0.2, 0.25) is 0 Å². The van der Waals surface area contributed by atoms with Gasteiger partial charge in [-0.1, -0.05) is 18.2 Å². The Hall–Kier alpha value is -2.18. The Morgan fingerprint density at radius 1 is 1.20 bits per heavy atom. The van der Waals surface area contributed by atoms with Gasteiger partial charge in [-0.25, -0.2) is 0 Å². The lowest BCUT2D eigenvalue weighted by Gasteiger charge is -2.16. The molecule has 25 heavy (non-hydrogen) atoms. The highest BCUT2D eigenvalue weighted by molar-refractivity contribution is 8.00. The van der Waals surface area contributed by atoms with E-state index in [1.807, 2.05) is 31.2 Å². The number of benzene rings is 2. The molecular weight excluding hydrogens is 338 g/mol. The highest BCUT2D eigenvalue weighted by Crippen LogP contribution is 2.29. The van der Waals surface area contributed by atoms with Crippen LogP contribution in [0.25, 0.3) is 0 Å². The van der Waals surface area contributed by atoms with E-state index >= 15 is 0 Å². The number of thioether (sulfide) groups is 1. The molecule has 0 aliphatic rings. The third kappa shape index (κ3) is 5.41. The van der Waals surface area contributed by atoms with Crippen molar-refractivity contribution in [1.29, 1.82) is 0 Å². The largest absolute Gasteiger partial charge is 0.497 e. The lowest BCUT2D eigenvalue weighted by atomic mass is 10.1. The normalized spacial score (nSPS) is 11.7. The summed E-state index contributed by atoms with van der Waals surface area (Å²) in [6.07, 6.45) is -0.877. The first-order valence-corrected chi connectivity index (χ1v) is 8.88. The molecule has 2 rings (SSSR count). The average Bonchev–Trinajstić information content (AvgIpc) is 2.64. The molecule has 2 aromatic rings. The van der Waals surface area contributed by atoms with Crippen LogP contribution < -0.4 is 14.8 Å². The number of carbonyl (C=O) groups is 1. The van der Waals surface area contributed by atoms with Crippen molar-refractivity contribution in [3.8, 4) is 11.5 Å². The van der Waals surface area contributed by atoms with Crippen molar-refractivity contribution in [3.05, 3.63) is 53.6 Å². The number of aliphatic hydroxyl groups is 1. The van der Waals surface area contributed by atoms with E-state index in [0.29, 0.717) is 22.8 Å². The number of hydrogen-bond acceptors (Lipinski definition) is 5. The maximum Gasteiger partial charge on any atom is 0.230 e. The fourth-order valence-corrected chi connectivity index (χ4v) is 3.19. The van der Waals surface area contributed by atoms with Crippen molar-refractivity contribution in [2.24, 2.45) is 0 Å². The molecule has 5 nitrogen and oxygen atoms in total. The first kappa shape index (κ1) is 19.1. The van der Waals surface area contributed by atoms with Crippen molar-refractivity contribution in [1.82, 2.24) is 5.32 Å². The van der Waals surface area contributed by atoms with Gasteiger partial charge in [-0.2, -0.15) is 0 Å². The second-order valence-corrected chi connectivity index (χ2v) is 6.50. The number of hydrogen-bond donors (Lipinski definition) is 2. The zero-order chi connectivity index (χ0) is 18.2. The van der Waals surface area contributed by atoms with Crippen LogP contribution in [0, 0.1) is 6.92 Å². The number of methoxy groups -OCH3 is 2. The van der Waals surface area contributed by atoms with Gasteiger partial charge in [-0.05, 0) is 36.8 Å². The van der Waals surface area contributed by atoms with E-state index in [1.54, 1.807) is 25.3 Å². The molecule has 0 bridgehead atoms. The molecule has 2 aromatic carbocycles. The standard InChI is InChI=1S/C19H23NO4S/c1-13-6-4-5-7-18(13)25-12-19(22)20-11-16(21)15-10-14(23-2)8-9-17(15)24-3/h4-10,16,21H,11-12H2,1-3H3,(H,20,22). The summed E-state index contributed by atoms with van der Waals surface area (Å²) in [5, 5.41) is 13.1. The van der Waals surface area contributed by atoms with Gasteiger partial charge < -0.3 is 19.9 Å². The monoisotopic (exact) mass is 361 g/mol. The molecule has 6 heteroatoms. The van der Waals surface area contributed by atoms with E-state index in [-0.39, 0.29) is 12.5 Å². The Morgan fingerprint density at radius 3 is 2.64 bits per heavy atom. The zero-order valence-corrected chi connectivity index (χ0v) is 15.4. The fourth-order valence-electron chi connectivity index (χ4n) is 2.33. The summed E-state index contributed by atoms with van der Waals surface area (Å²) < 4.78 is 10.4. The van der Waals surface area contributed by atoms with Crippen LogP contribution in [0.5, 0.6) is 11.5 Å². The van der Waals surface area contributed by atoms with Crippen LogP contribution >= 0.6 is 11.8 Å². The molecule has 2 N–H and O–H groups in total. The van der Waals surface area contributed by atoms with Crippen LogP contribution in [-0.4, -0.2) is 37.5 Å². The van der Waals surface area contributed by atoms with Crippen molar-refractivity contribution in [3.63, 3.8) is 0 Å². The highest BCUT2D eigenvalue weighted by atomic mass is 32.2. The van der Waals surface area contributed by atoms with Gasteiger partial charge >= 0.3 is 0 Å². The predicted octanol–water partition coefficient (Wildman–Crippen LogP) is 2.95. The van der Waals surface area contributed by atoms with Gasteiger partial charge in [0, 0.05) is 17.0 Å². The minimum Gasteiger partial charge on any atom is -0.497 e. The summed E-state index contributed by atoms with van der Waals surface area (Å²) in [7, 11) is 3.10. The molecule has 1 unspecified atom stereocenters. The first-order valence-electron chi connectivity index (χ1n) is 7.90. The van der Waals surface area contributed by atoms with E-state index in [1.165, 1.54) is 18.9 Å². The van der Waals surface area contributed by atoms with Gasteiger partial charge in [0.15, 0.2) is 0 Å². The number of nitrogens with one attached hydrogen (secondary N) is 1. The Balaban J connectivity index is 1.90. The highest BCUT2D eigenvalue weighted by Gasteiger charge is 2.16. The maximum atomic E-state index is 12.0. The van der Waals surface area contributed by atoms with E-state index in [9.17, 15) is 9.90 Å². The number of ether oxygens (including phenoxy) is 2. The smallest absolute Gasteiger partial charge is 0.230 e. The topological polar surface area (TPSA) is 67.8 Å². The van der Waals surface area contributed by atoms with Crippen LogP contribution in [0.15, 0.2) is 47.4 Å². The minimum atomic E-state index is -0.877. The van der Waals surface area contributed by atoms with Crippen LogP contribution in [0.4, 0.5) is 0 Å². The van der Waals surface area contributed by atoms with Gasteiger partial charge in [-0.15, -0.1) is 11.8 Å². The molecular formula is C19H23NO4S. The van der Waals surface area contributed by atoms with Crippen LogP contribution in [0.1, 0.15) is 17.2 Å². The summed E-state index contributed by atoms with van der Waals surface area (Å²) in [5.74, 6) is 1.34. The van der Waals surface area contributed by atoms with Crippen molar-refractivity contribution < 1.29 is 19.4 Å². The molecule has 0 saturated carbocycles. The van der Waals surface area contributed by atoms with Gasteiger partial charge in [0.2, 0.25) is 5.91 Å². The van der Waals surface area contributed by atoms with Crippen molar-refractivity contribution in [2.45, 2.75) is 17.9 Å². The second kappa shape index (κ2) is 9.34. The number of aryl methyl sites for hydroxylation is 1. The molecule has 0 fully saturated rings. The quantitative estimate of drug-likeness (QED) is 0.708. The zero-order valence-electron chi connectivity index (χ0n) is 14.6. The molecule has 0 aliphatic heterocycles. The SMILES string of the molecule is COc1ccc(OC)c(C(O)CNC(=O)CSc2ccccc2C)c1. The Labute approximate surface area is 152 Å². The molecule has 1 amide bonds. The molecule has 0 aliphatic carbocycles. The number of aliphatic hydroxyl groups excluding tert-OH is 1. The summed E-state index contributed by atoms with van der Waals surface area (Å²) >= 11 is 1.48. The number of carbonyl (C=O) groups excluding carboxylic acids is 1. The second-order valence-electron chi connectivity index (χ2n) is 5.48. The Bertz CT molecular complexity index is 720. The molecule has 0 spiro atoms. The Morgan fingerprint density at radius 2 is 1.96 bits per heavy atom. The van der Waals surface area contributed by atoms with Gasteiger partial charge in [-0.3, -0.25) is 4.79 Å². The fraction of sp³-hybridized carbons (Fsp3) is 0.316. The Kier molecular flexibility index (Phi) is 7.16. The molecule has 0 radical (unpaired) electrons. The molecule has 0 saturated heterocycles. The molecule has 0 heterocycles. The summed E-state index contributed by atoms with van der Waals surface area (Å²) in [6, 6.07) is 13.1. The lowest BCUT2D eigenvalue weighted by molar-refractivity contribution is -0.119. The van der Waals surface area contributed by atoms with E-state index in [2.05, 4.69) is 5.32 Å². The van der Waals surface area contributed by atoms with Gasteiger partial charge in [0.1, 0.15) is 11.5 Å². The summed E-state index contributed by atoms with van der Waals surface area (Å²) in [5.41, 5.74) is 1.72. The average molecular weight is 361 g/mol. The van der Waals surface area contributed by atoms with E-state index < -0.39 is 6.10 Å².